The maximum Gasteiger partial charge on any atom is 0.353 e. The average Bonchev–Trinajstić information content (AvgIpc) is 2.66. The topological polar surface area (TPSA) is 110 Å². The molecule has 1 N–H and O–H groups in total. The lowest BCUT2D eigenvalue weighted by atomic mass is 10.1. The van der Waals surface area contributed by atoms with Crippen LogP contribution in [0.3, 0.4) is 0 Å². The fraction of sp³-hybridized carbons (Fsp3) is 0.353. The number of nitrogens with zero attached hydrogens (tertiary/aromatic N) is 4. The summed E-state index contributed by atoms with van der Waals surface area (Å²) in [6.45, 7) is 3.87. The van der Waals surface area contributed by atoms with E-state index >= 15 is 0 Å². The number of anilines is 3. The number of hydrogen-bond acceptors (Lipinski definition) is 8. The van der Waals surface area contributed by atoms with Crippen LogP contribution in [0.1, 0.15) is 30.6 Å². The molecule has 2 rings (SSSR count). The SMILES string of the molecule is CCC(C)Nc1ncnc(N(C)c2ccccc2C(=O)OC)c1[N+](=O)[O-]. The first-order chi connectivity index (χ1) is 12.4. The molecule has 0 aliphatic rings. The van der Waals surface area contributed by atoms with Crippen molar-refractivity contribution in [1.82, 2.24) is 9.97 Å². The van der Waals surface area contributed by atoms with Crippen molar-refractivity contribution in [2.45, 2.75) is 26.3 Å². The Bertz CT molecular complexity index is 811. The minimum atomic E-state index is -0.540. The van der Waals surface area contributed by atoms with Crippen LogP contribution in [0.15, 0.2) is 30.6 Å². The third-order valence-corrected chi connectivity index (χ3v) is 3.97. The molecule has 0 aliphatic carbocycles. The third kappa shape index (κ3) is 3.88. The number of esters is 1. The Morgan fingerprint density at radius 1 is 1.38 bits per heavy atom. The highest BCUT2D eigenvalue weighted by atomic mass is 16.6. The van der Waals surface area contributed by atoms with Crippen molar-refractivity contribution in [2.24, 2.45) is 0 Å². The standard InChI is InChI=1S/C17H21N5O4/c1-5-11(2)20-15-14(22(24)25)16(19-10-18-15)21(3)13-9-7-6-8-12(13)17(23)26-4/h6-11H,5H2,1-4H3,(H,18,19,20). The van der Waals surface area contributed by atoms with Gasteiger partial charge in [0.25, 0.3) is 0 Å². The van der Waals surface area contributed by atoms with Gasteiger partial charge in [-0.05, 0) is 25.5 Å². The van der Waals surface area contributed by atoms with Gasteiger partial charge in [0.2, 0.25) is 11.6 Å². The molecule has 0 saturated heterocycles. The monoisotopic (exact) mass is 359 g/mol. The van der Waals surface area contributed by atoms with Gasteiger partial charge in [0.05, 0.1) is 23.3 Å². The summed E-state index contributed by atoms with van der Waals surface area (Å²) in [5.41, 5.74) is 0.465. The van der Waals surface area contributed by atoms with Gasteiger partial charge in [-0.1, -0.05) is 19.1 Å². The summed E-state index contributed by atoms with van der Waals surface area (Å²) >= 11 is 0. The molecule has 0 aliphatic heterocycles. The summed E-state index contributed by atoms with van der Waals surface area (Å²) in [5.74, 6) is -0.328. The first kappa shape index (κ1) is 19.1. The van der Waals surface area contributed by atoms with Crippen molar-refractivity contribution in [2.75, 3.05) is 24.4 Å². The fourth-order valence-electron chi connectivity index (χ4n) is 2.39. The Hall–Kier alpha value is -3.23. The Balaban J connectivity index is 2.57. The Kier molecular flexibility index (Phi) is 6.05. The van der Waals surface area contributed by atoms with E-state index in [1.165, 1.54) is 18.3 Å². The number of nitrogens with one attached hydrogen (secondary N) is 1. The molecule has 1 aromatic carbocycles. The zero-order valence-corrected chi connectivity index (χ0v) is 15.1. The second kappa shape index (κ2) is 8.24. The fourth-order valence-corrected chi connectivity index (χ4v) is 2.39. The summed E-state index contributed by atoms with van der Waals surface area (Å²) in [6.07, 6.45) is 2.03. The van der Waals surface area contributed by atoms with Gasteiger partial charge in [-0.25, -0.2) is 14.8 Å². The molecule has 1 aromatic heterocycles. The van der Waals surface area contributed by atoms with Crippen molar-refractivity contribution < 1.29 is 14.5 Å². The number of methoxy groups -OCH3 is 1. The van der Waals surface area contributed by atoms with Crippen LogP contribution >= 0.6 is 0 Å². The first-order valence-electron chi connectivity index (χ1n) is 8.07. The van der Waals surface area contributed by atoms with Crippen molar-refractivity contribution in [3.05, 3.63) is 46.3 Å². The molecule has 0 fully saturated rings. The number of aromatic nitrogens is 2. The molecule has 0 amide bonds. The van der Waals surface area contributed by atoms with E-state index in [2.05, 4.69) is 15.3 Å². The number of ether oxygens (including phenoxy) is 1. The van der Waals surface area contributed by atoms with Crippen molar-refractivity contribution in [3.8, 4) is 0 Å². The largest absolute Gasteiger partial charge is 0.465 e. The molecule has 0 saturated carbocycles. The van der Waals surface area contributed by atoms with E-state index in [-0.39, 0.29) is 28.9 Å². The molecular weight excluding hydrogens is 338 g/mol. The van der Waals surface area contributed by atoms with E-state index in [1.807, 2.05) is 13.8 Å². The molecule has 26 heavy (non-hydrogen) atoms. The number of carbonyl (C=O) groups is 1. The molecule has 0 spiro atoms. The summed E-state index contributed by atoms with van der Waals surface area (Å²) in [5, 5.41) is 14.7. The summed E-state index contributed by atoms with van der Waals surface area (Å²) in [7, 11) is 2.88. The lowest BCUT2D eigenvalue weighted by molar-refractivity contribution is -0.383. The van der Waals surface area contributed by atoms with Gasteiger partial charge in [-0.2, -0.15) is 0 Å². The van der Waals surface area contributed by atoms with Crippen LogP contribution in [0.2, 0.25) is 0 Å². The van der Waals surface area contributed by atoms with E-state index in [1.54, 1.807) is 31.3 Å². The minimum absolute atomic E-state index is 0.00381. The number of carbonyl (C=O) groups excluding carboxylic acids is 1. The summed E-state index contributed by atoms with van der Waals surface area (Å²) in [4.78, 5) is 32.7. The van der Waals surface area contributed by atoms with Crippen molar-refractivity contribution in [3.63, 3.8) is 0 Å². The number of nitro groups is 1. The van der Waals surface area contributed by atoms with Crippen molar-refractivity contribution >= 4 is 29.0 Å². The molecule has 9 nitrogen and oxygen atoms in total. The van der Waals surface area contributed by atoms with Crippen molar-refractivity contribution in [1.29, 1.82) is 0 Å². The smallest absolute Gasteiger partial charge is 0.353 e. The predicted octanol–water partition coefficient (Wildman–Crippen LogP) is 3.15. The lowest BCUT2D eigenvalue weighted by Gasteiger charge is -2.21. The number of rotatable bonds is 7. The molecule has 1 atom stereocenters. The van der Waals surface area contributed by atoms with Gasteiger partial charge in [-0.15, -0.1) is 0 Å². The van der Waals surface area contributed by atoms with Crippen LogP contribution in [0, 0.1) is 10.1 Å². The van der Waals surface area contributed by atoms with E-state index in [9.17, 15) is 14.9 Å². The second-order valence-corrected chi connectivity index (χ2v) is 5.67. The molecule has 1 unspecified atom stereocenters. The highest BCUT2D eigenvalue weighted by Crippen LogP contribution is 2.36. The molecule has 2 aromatic rings. The molecule has 9 heteroatoms. The molecule has 138 valence electrons. The van der Waals surface area contributed by atoms with Crippen LogP contribution in [0.5, 0.6) is 0 Å². The average molecular weight is 359 g/mol. The van der Waals surface area contributed by atoms with Gasteiger partial charge in [-0.3, -0.25) is 10.1 Å². The molecule has 0 bridgehead atoms. The van der Waals surface area contributed by atoms with Crippen LogP contribution in [0.4, 0.5) is 23.0 Å². The Morgan fingerprint density at radius 3 is 2.69 bits per heavy atom. The number of para-hydroxylation sites is 1. The second-order valence-electron chi connectivity index (χ2n) is 5.67. The Morgan fingerprint density at radius 2 is 2.08 bits per heavy atom. The van der Waals surface area contributed by atoms with Gasteiger partial charge >= 0.3 is 11.7 Å². The summed E-state index contributed by atoms with van der Waals surface area (Å²) < 4.78 is 4.79. The van der Waals surface area contributed by atoms with Gasteiger partial charge < -0.3 is 15.0 Å². The molecule has 1 heterocycles. The third-order valence-electron chi connectivity index (χ3n) is 3.97. The summed E-state index contributed by atoms with van der Waals surface area (Å²) in [6, 6.07) is 6.67. The van der Waals surface area contributed by atoms with E-state index in [0.29, 0.717) is 5.69 Å². The molecular formula is C17H21N5O4. The van der Waals surface area contributed by atoms with Crippen LogP contribution in [-0.4, -0.2) is 41.1 Å². The lowest BCUT2D eigenvalue weighted by Crippen LogP contribution is -2.20. The maximum atomic E-state index is 12.0. The minimum Gasteiger partial charge on any atom is -0.465 e. The number of hydrogen-bond donors (Lipinski definition) is 1. The van der Waals surface area contributed by atoms with Crippen LogP contribution in [0.25, 0.3) is 0 Å². The zero-order chi connectivity index (χ0) is 19.3. The molecule has 0 radical (unpaired) electrons. The van der Waals surface area contributed by atoms with Crippen LogP contribution < -0.4 is 10.2 Å². The zero-order valence-electron chi connectivity index (χ0n) is 15.1. The highest BCUT2D eigenvalue weighted by molar-refractivity contribution is 5.97. The highest BCUT2D eigenvalue weighted by Gasteiger charge is 2.28. The normalized spacial score (nSPS) is 11.5. The maximum absolute atomic E-state index is 12.0. The van der Waals surface area contributed by atoms with E-state index in [4.69, 9.17) is 4.74 Å². The quantitative estimate of drug-likeness (QED) is 0.456. The van der Waals surface area contributed by atoms with Gasteiger partial charge in [0.1, 0.15) is 6.33 Å². The number of benzene rings is 1. The predicted molar refractivity (Wildman–Crippen MR) is 97.9 cm³/mol. The van der Waals surface area contributed by atoms with Gasteiger partial charge in [0, 0.05) is 13.1 Å². The first-order valence-corrected chi connectivity index (χ1v) is 8.07. The Labute approximate surface area is 151 Å². The van der Waals surface area contributed by atoms with Crippen LogP contribution in [-0.2, 0) is 4.74 Å². The van der Waals surface area contributed by atoms with E-state index < -0.39 is 10.9 Å². The van der Waals surface area contributed by atoms with E-state index in [0.717, 1.165) is 6.42 Å². The van der Waals surface area contributed by atoms with Gasteiger partial charge in [0.15, 0.2) is 0 Å².